The lowest BCUT2D eigenvalue weighted by molar-refractivity contribution is -0.0102. The molecule has 2 heterocycles. The van der Waals surface area contributed by atoms with Gasteiger partial charge in [-0.1, -0.05) is 12.1 Å². The highest BCUT2D eigenvalue weighted by Crippen LogP contribution is 2.31. The molecular weight excluding hydrogens is 350 g/mol. The number of carbonyl (C=O) groups is 1. The van der Waals surface area contributed by atoms with Crippen LogP contribution in [-0.2, 0) is 0 Å². The number of anilines is 2. The monoisotopic (exact) mass is 374 g/mol. The van der Waals surface area contributed by atoms with Crippen LogP contribution in [-0.4, -0.2) is 35.1 Å². The Bertz CT molecular complexity index is 854. The Morgan fingerprint density at radius 1 is 1.15 bits per heavy atom. The first kappa shape index (κ1) is 19.2. The number of carbonyl (C=O) groups excluding carboxylic acids is 1. The van der Waals surface area contributed by atoms with Gasteiger partial charge in [0.25, 0.3) is 5.91 Å². The van der Waals surface area contributed by atoms with E-state index in [2.05, 4.69) is 15.5 Å². The molecule has 1 N–H and O–H groups in total. The fourth-order valence-corrected chi connectivity index (χ4v) is 3.28. The standard InChI is InChI=1S/C20H24F2N4O/c1-13-6-4-7-16(12-13)23-19(27)17-14(2)15(3)24-25-18(17)26-10-5-8-20(21,22)9-11-26/h4,6-7,12H,5,8-11H2,1-3H3,(H,23,27). The third-order valence-electron chi connectivity index (χ3n) is 4.96. The first-order valence-corrected chi connectivity index (χ1v) is 9.11. The van der Waals surface area contributed by atoms with Crippen molar-refractivity contribution in [2.24, 2.45) is 0 Å². The normalized spacial score (nSPS) is 16.7. The second-order valence-electron chi connectivity index (χ2n) is 7.13. The van der Waals surface area contributed by atoms with Gasteiger partial charge >= 0.3 is 0 Å². The Balaban J connectivity index is 1.94. The molecule has 0 radical (unpaired) electrons. The number of benzene rings is 1. The molecule has 27 heavy (non-hydrogen) atoms. The van der Waals surface area contributed by atoms with E-state index < -0.39 is 5.92 Å². The Hall–Kier alpha value is -2.57. The van der Waals surface area contributed by atoms with Gasteiger partial charge in [0.15, 0.2) is 5.82 Å². The Kier molecular flexibility index (Phi) is 5.39. The highest BCUT2D eigenvalue weighted by Gasteiger charge is 2.33. The number of aromatic nitrogens is 2. The molecule has 0 saturated carbocycles. The molecule has 0 unspecified atom stereocenters. The molecule has 0 atom stereocenters. The van der Waals surface area contributed by atoms with Crippen molar-refractivity contribution < 1.29 is 13.6 Å². The summed E-state index contributed by atoms with van der Waals surface area (Å²) < 4.78 is 27.5. The van der Waals surface area contributed by atoms with Crippen LogP contribution in [0.5, 0.6) is 0 Å². The lowest BCUT2D eigenvalue weighted by Gasteiger charge is -2.24. The number of amides is 1. The fourth-order valence-electron chi connectivity index (χ4n) is 3.28. The highest BCUT2D eigenvalue weighted by atomic mass is 19.3. The maximum atomic E-state index is 13.7. The van der Waals surface area contributed by atoms with Crippen LogP contribution in [0.15, 0.2) is 24.3 Å². The number of halogens is 2. The molecule has 1 fully saturated rings. The molecule has 1 amide bonds. The average Bonchev–Trinajstić information content (AvgIpc) is 2.77. The minimum atomic E-state index is -2.67. The number of hydrogen-bond donors (Lipinski definition) is 1. The predicted octanol–water partition coefficient (Wildman–Crippen LogP) is 4.28. The second-order valence-corrected chi connectivity index (χ2v) is 7.13. The summed E-state index contributed by atoms with van der Waals surface area (Å²) >= 11 is 0. The summed E-state index contributed by atoms with van der Waals surface area (Å²) in [5, 5.41) is 11.2. The zero-order valence-corrected chi connectivity index (χ0v) is 15.9. The van der Waals surface area contributed by atoms with Crippen molar-refractivity contribution in [1.82, 2.24) is 10.2 Å². The lowest BCUT2D eigenvalue weighted by Crippen LogP contribution is -2.30. The summed E-state index contributed by atoms with van der Waals surface area (Å²) in [4.78, 5) is 14.8. The summed E-state index contributed by atoms with van der Waals surface area (Å²) in [5.74, 6) is -2.60. The molecule has 1 aromatic heterocycles. The van der Waals surface area contributed by atoms with Crippen LogP contribution in [0.4, 0.5) is 20.3 Å². The Morgan fingerprint density at radius 3 is 2.67 bits per heavy atom. The van der Waals surface area contributed by atoms with E-state index >= 15 is 0 Å². The van der Waals surface area contributed by atoms with E-state index in [-0.39, 0.29) is 25.3 Å². The van der Waals surface area contributed by atoms with Gasteiger partial charge in [0.2, 0.25) is 5.92 Å². The van der Waals surface area contributed by atoms with Crippen molar-refractivity contribution in [1.29, 1.82) is 0 Å². The zero-order valence-electron chi connectivity index (χ0n) is 15.9. The highest BCUT2D eigenvalue weighted by molar-refractivity contribution is 6.08. The van der Waals surface area contributed by atoms with Crippen molar-refractivity contribution in [3.63, 3.8) is 0 Å². The van der Waals surface area contributed by atoms with Gasteiger partial charge in [0.1, 0.15) is 0 Å². The van der Waals surface area contributed by atoms with E-state index in [9.17, 15) is 13.6 Å². The van der Waals surface area contributed by atoms with Gasteiger partial charge in [0.05, 0.1) is 11.3 Å². The molecule has 1 aliphatic heterocycles. The zero-order chi connectivity index (χ0) is 19.6. The van der Waals surface area contributed by atoms with Gasteiger partial charge in [-0.25, -0.2) is 8.78 Å². The van der Waals surface area contributed by atoms with Crippen LogP contribution < -0.4 is 10.2 Å². The smallest absolute Gasteiger partial charge is 0.259 e. The van der Waals surface area contributed by atoms with Gasteiger partial charge in [-0.05, 0) is 50.5 Å². The number of nitrogens with zero attached hydrogens (tertiary/aromatic N) is 3. The average molecular weight is 374 g/mol. The molecule has 2 aromatic rings. The Morgan fingerprint density at radius 2 is 1.93 bits per heavy atom. The molecule has 3 rings (SSSR count). The van der Waals surface area contributed by atoms with Gasteiger partial charge in [-0.2, -0.15) is 5.10 Å². The van der Waals surface area contributed by atoms with E-state index in [0.717, 1.165) is 5.56 Å². The molecule has 0 bridgehead atoms. The van der Waals surface area contributed by atoms with Crippen LogP contribution in [0.2, 0.25) is 0 Å². The summed E-state index contributed by atoms with van der Waals surface area (Å²) in [6.07, 6.45) is -0.0479. The van der Waals surface area contributed by atoms with Gasteiger partial charge in [0, 0.05) is 31.6 Å². The van der Waals surface area contributed by atoms with Crippen LogP contribution in [0.1, 0.15) is 46.4 Å². The van der Waals surface area contributed by atoms with Crippen LogP contribution in [0.25, 0.3) is 0 Å². The van der Waals surface area contributed by atoms with Crippen molar-refractivity contribution >= 4 is 17.4 Å². The minimum absolute atomic E-state index is 0.146. The first-order valence-electron chi connectivity index (χ1n) is 9.11. The van der Waals surface area contributed by atoms with Crippen LogP contribution in [0, 0.1) is 20.8 Å². The van der Waals surface area contributed by atoms with Gasteiger partial charge in [-0.3, -0.25) is 4.79 Å². The molecule has 5 nitrogen and oxygen atoms in total. The largest absolute Gasteiger partial charge is 0.354 e. The fraction of sp³-hybridized carbons (Fsp3) is 0.450. The number of rotatable bonds is 3. The van der Waals surface area contributed by atoms with Crippen molar-refractivity contribution in [2.45, 2.75) is 46.0 Å². The second kappa shape index (κ2) is 7.58. The van der Waals surface area contributed by atoms with E-state index in [0.29, 0.717) is 41.3 Å². The molecule has 0 spiro atoms. The maximum Gasteiger partial charge on any atom is 0.259 e. The summed E-state index contributed by atoms with van der Waals surface area (Å²) in [6, 6.07) is 7.50. The van der Waals surface area contributed by atoms with Gasteiger partial charge in [-0.15, -0.1) is 5.10 Å². The third-order valence-corrected chi connectivity index (χ3v) is 4.96. The van der Waals surface area contributed by atoms with Crippen molar-refractivity contribution in [3.05, 3.63) is 46.6 Å². The van der Waals surface area contributed by atoms with Crippen molar-refractivity contribution in [2.75, 3.05) is 23.3 Å². The summed E-state index contributed by atoms with van der Waals surface area (Å²) in [6.45, 7) is 6.12. The van der Waals surface area contributed by atoms with E-state index in [1.54, 1.807) is 11.8 Å². The summed E-state index contributed by atoms with van der Waals surface area (Å²) in [5.41, 5.74) is 3.47. The molecule has 1 aliphatic rings. The number of aryl methyl sites for hydroxylation is 2. The van der Waals surface area contributed by atoms with E-state index in [1.807, 2.05) is 38.1 Å². The van der Waals surface area contributed by atoms with Crippen LogP contribution >= 0.6 is 0 Å². The Labute approximate surface area is 157 Å². The molecule has 144 valence electrons. The molecular formula is C20H24F2N4O. The molecule has 7 heteroatoms. The minimum Gasteiger partial charge on any atom is -0.354 e. The topological polar surface area (TPSA) is 58.1 Å². The third kappa shape index (κ3) is 4.40. The molecule has 0 aliphatic carbocycles. The quantitative estimate of drug-likeness (QED) is 0.871. The molecule has 1 aromatic carbocycles. The predicted molar refractivity (Wildman–Crippen MR) is 102 cm³/mol. The number of hydrogen-bond acceptors (Lipinski definition) is 4. The van der Waals surface area contributed by atoms with Gasteiger partial charge < -0.3 is 10.2 Å². The first-order chi connectivity index (χ1) is 12.8. The number of alkyl halides is 2. The summed E-state index contributed by atoms with van der Waals surface area (Å²) in [7, 11) is 0. The lowest BCUT2D eigenvalue weighted by atomic mass is 10.1. The van der Waals surface area contributed by atoms with Crippen LogP contribution in [0.3, 0.4) is 0 Å². The van der Waals surface area contributed by atoms with Crippen molar-refractivity contribution in [3.8, 4) is 0 Å². The maximum absolute atomic E-state index is 13.7. The SMILES string of the molecule is Cc1cccc(NC(=O)c2c(N3CCCC(F)(F)CC3)nnc(C)c2C)c1. The van der Waals surface area contributed by atoms with E-state index in [4.69, 9.17) is 0 Å². The number of nitrogens with one attached hydrogen (secondary N) is 1. The molecule has 1 saturated heterocycles. The van der Waals surface area contributed by atoms with E-state index in [1.165, 1.54) is 0 Å².